The minimum atomic E-state index is -0.822. The molecule has 21 heavy (non-hydrogen) atoms. The van der Waals surface area contributed by atoms with E-state index in [9.17, 15) is 18.4 Å². The quantitative estimate of drug-likeness (QED) is 0.819. The molecule has 0 fully saturated rings. The Balaban J connectivity index is 2.76. The van der Waals surface area contributed by atoms with Gasteiger partial charge in [0.2, 0.25) is 5.91 Å². The van der Waals surface area contributed by atoms with E-state index in [2.05, 4.69) is 10.1 Å². The Morgan fingerprint density at radius 2 is 1.81 bits per heavy atom. The summed E-state index contributed by atoms with van der Waals surface area (Å²) in [5, 5.41) is 2.46. The largest absolute Gasteiger partial charge is 0.467 e. The lowest BCUT2D eigenvalue weighted by molar-refractivity contribution is -0.145. The molecule has 0 aromatic heterocycles. The molecule has 0 bridgehead atoms. The van der Waals surface area contributed by atoms with Crippen molar-refractivity contribution < 1.29 is 23.1 Å². The zero-order valence-electron chi connectivity index (χ0n) is 12.3. The molecule has 116 valence electrons. The molecule has 0 heterocycles. The predicted octanol–water partition coefficient (Wildman–Crippen LogP) is 2.21. The topological polar surface area (TPSA) is 55.4 Å². The maximum atomic E-state index is 13.5. The lowest BCUT2D eigenvalue weighted by Gasteiger charge is -2.18. The highest BCUT2D eigenvalue weighted by atomic mass is 19.1. The molecule has 1 N–H and O–H groups in total. The number of ether oxygens (including phenoxy) is 1. The molecule has 1 rings (SSSR count). The highest BCUT2D eigenvalue weighted by molar-refractivity contribution is 5.85. The van der Waals surface area contributed by atoms with Gasteiger partial charge >= 0.3 is 5.97 Å². The van der Waals surface area contributed by atoms with E-state index in [0.29, 0.717) is 6.42 Å². The zero-order chi connectivity index (χ0) is 16.0. The van der Waals surface area contributed by atoms with Gasteiger partial charge in [-0.15, -0.1) is 0 Å². The van der Waals surface area contributed by atoms with Crippen LogP contribution in [-0.4, -0.2) is 25.0 Å². The lowest BCUT2D eigenvalue weighted by atomic mass is 10.0. The fourth-order valence-electron chi connectivity index (χ4n) is 1.93. The molecular formula is C15H19F2NO3. The molecule has 0 aliphatic carbocycles. The molecule has 0 spiro atoms. The number of hydrogen-bond acceptors (Lipinski definition) is 3. The Morgan fingerprint density at radius 1 is 1.24 bits per heavy atom. The minimum absolute atomic E-state index is 0.152. The summed E-state index contributed by atoms with van der Waals surface area (Å²) < 4.78 is 31.6. The highest BCUT2D eigenvalue weighted by Gasteiger charge is 2.23. The standard InChI is InChI=1S/C15H19F2NO3/c1-9(2)7-13(15(20)21-3)18-14(19)8-10-11(16)5-4-6-12(10)17/h4-6,9,13H,7-8H2,1-3H3,(H,18,19). The van der Waals surface area contributed by atoms with Crippen LogP contribution in [0.1, 0.15) is 25.8 Å². The first-order chi connectivity index (χ1) is 9.85. The van der Waals surface area contributed by atoms with Crippen LogP contribution in [0.3, 0.4) is 0 Å². The number of esters is 1. The molecule has 0 saturated carbocycles. The molecule has 0 aliphatic heterocycles. The summed E-state index contributed by atoms with van der Waals surface area (Å²) in [4.78, 5) is 23.5. The van der Waals surface area contributed by atoms with Crippen LogP contribution in [0.2, 0.25) is 0 Å². The van der Waals surface area contributed by atoms with E-state index in [1.165, 1.54) is 13.2 Å². The van der Waals surface area contributed by atoms with Crippen molar-refractivity contribution in [2.45, 2.75) is 32.7 Å². The van der Waals surface area contributed by atoms with Gasteiger partial charge in [0.05, 0.1) is 13.5 Å². The first-order valence-corrected chi connectivity index (χ1v) is 6.65. The van der Waals surface area contributed by atoms with Crippen LogP contribution in [0.5, 0.6) is 0 Å². The number of halogens is 2. The van der Waals surface area contributed by atoms with Crippen molar-refractivity contribution in [3.63, 3.8) is 0 Å². The SMILES string of the molecule is COC(=O)C(CC(C)C)NC(=O)Cc1c(F)cccc1F. The zero-order valence-corrected chi connectivity index (χ0v) is 12.3. The second-order valence-electron chi connectivity index (χ2n) is 5.15. The van der Waals surface area contributed by atoms with Gasteiger partial charge in [0.15, 0.2) is 0 Å². The van der Waals surface area contributed by atoms with Gasteiger partial charge < -0.3 is 10.1 Å². The number of methoxy groups -OCH3 is 1. The summed E-state index contributed by atoms with van der Waals surface area (Å²) in [7, 11) is 1.22. The molecule has 1 aromatic carbocycles. The number of benzene rings is 1. The Hall–Kier alpha value is -1.98. The van der Waals surface area contributed by atoms with E-state index < -0.39 is 36.0 Å². The highest BCUT2D eigenvalue weighted by Crippen LogP contribution is 2.13. The van der Waals surface area contributed by atoms with Crippen molar-refractivity contribution in [1.82, 2.24) is 5.32 Å². The van der Waals surface area contributed by atoms with E-state index in [4.69, 9.17) is 0 Å². The number of nitrogens with one attached hydrogen (secondary N) is 1. The normalized spacial score (nSPS) is 12.1. The number of carbonyl (C=O) groups excluding carboxylic acids is 2. The van der Waals surface area contributed by atoms with Crippen molar-refractivity contribution in [2.24, 2.45) is 5.92 Å². The maximum Gasteiger partial charge on any atom is 0.328 e. The Labute approximate surface area is 122 Å². The summed E-state index contributed by atoms with van der Waals surface area (Å²) in [5.41, 5.74) is -0.317. The average Bonchev–Trinajstić information content (AvgIpc) is 2.41. The van der Waals surface area contributed by atoms with Crippen molar-refractivity contribution in [3.05, 3.63) is 35.4 Å². The smallest absolute Gasteiger partial charge is 0.328 e. The van der Waals surface area contributed by atoms with E-state index >= 15 is 0 Å². The summed E-state index contributed by atoms with van der Waals surface area (Å²) in [6, 6.07) is 2.56. The Morgan fingerprint density at radius 3 is 2.29 bits per heavy atom. The lowest BCUT2D eigenvalue weighted by Crippen LogP contribution is -2.43. The molecule has 0 radical (unpaired) electrons. The Bertz CT molecular complexity index is 497. The van der Waals surface area contributed by atoms with Crippen molar-refractivity contribution in [3.8, 4) is 0 Å². The minimum Gasteiger partial charge on any atom is -0.467 e. The van der Waals surface area contributed by atoms with Gasteiger partial charge in [-0.2, -0.15) is 0 Å². The molecule has 0 aliphatic rings. The molecule has 6 heteroatoms. The molecule has 1 atom stereocenters. The van der Waals surface area contributed by atoms with Crippen molar-refractivity contribution >= 4 is 11.9 Å². The molecule has 1 aromatic rings. The van der Waals surface area contributed by atoms with Gasteiger partial charge in [0.25, 0.3) is 0 Å². The van der Waals surface area contributed by atoms with Gasteiger partial charge in [0.1, 0.15) is 17.7 Å². The first kappa shape index (κ1) is 17.1. The molecule has 1 unspecified atom stereocenters. The van der Waals surface area contributed by atoms with Crippen LogP contribution < -0.4 is 5.32 Å². The molecular weight excluding hydrogens is 280 g/mol. The van der Waals surface area contributed by atoms with Crippen LogP contribution >= 0.6 is 0 Å². The number of carbonyl (C=O) groups is 2. The number of amides is 1. The van der Waals surface area contributed by atoms with E-state index in [0.717, 1.165) is 12.1 Å². The number of rotatable bonds is 6. The van der Waals surface area contributed by atoms with Crippen LogP contribution in [-0.2, 0) is 20.7 Å². The van der Waals surface area contributed by atoms with E-state index in [1.807, 2.05) is 13.8 Å². The third-order valence-electron chi connectivity index (χ3n) is 2.93. The number of hydrogen-bond donors (Lipinski definition) is 1. The van der Waals surface area contributed by atoms with Crippen molar-refractivity contribution in [2.75, 3.05) is 7.11 Å². The maximum absolute atomic E-state index is 13.5. The third kappa shape index (κ3) is 5.13. The van der Waals surface area contributed by atoms with Gasteiger partial charge in [-0.25, -0.2) is 13.6 Å². The predicted molar refractivity (Wildman–Crippen MR) is 73.5 cm³/mol. The third-order valence-corrected chi connectivity index (χ3v) is 2.93. The van der Waals surface area contributed by atoms with Gasteiger partial charge in [-0.05, 0) is 24.5 Å². The molecule has 1 amide bonds. The monoisotopic (exact) mass is 299 g/mol. The summed E-state index contributed by atoms with van der Waals surface area (Å²) in [6.07, 6.45) is -0.0811. The summed E-state index contributed by atoms with van der Waals surface area (Å²) >= 11 is 0. The Kier molecular flexibility index (Phi) is 6.27. The van der Waals surface area contributed by atoms with E-state index in [1.54, 1.807) is 0 Å². The van der Waals surface area contributed by atoms with E-state index in [-0.39, 0.29) is 11.5 Å². The summed E-state index contributed by atoms with van der Waals surface area (Å²) in [6.45, 7) is 3.78. The van der Waals surface area contributed by atoms with Gasteiger partial charge in [-0.1, -0.05) is 19.9 Å². The van der Waals surface area contributed by atoms with Gasteiger partial charge in [0, 0.05) is 5.56 Å². The fraction of sp³-hybridized carbons (Fsp3) is 0.467. The molecule has 4 nitrogen and oxygen atoms in total. The van der Waals surface area contributed by atoms with Gasteiger partial charge in [-0.3, -0.25) is 4.79 Å². The van der Waals surface area contributed by atoms with Crippen LogP contribution in [0, 0.1) is 17.6 Å². The van der Waals surface area contributed by atoms with Crippen LogP contribution in [0.4, 0.5) is 8.78 Å². The summed E-state index contributed by atoms with van der Waals surface area (Å²) in [5.74, 6) is -2.63. The van der Waals surface area contributed by atoms with Crippen molar-refractivity contribution in [1.29, 1.82) is 0 Å². The molecule has 0 saturated heterocycles. The van der Waals surface area contributed by atoms with Crippen LogP contribution in [0.25, 0.3) is 0 Å². The first-order valence-electron chi connectivity index (χ1n) is 6.65. The van der Waals surface area contributed by atoms with Crippen LogP contribution in [0.15, 0.2) is 18.2 Å². The second-order valence-corrected chi connectivity index (χ2v) is 5.15. The fourth-order valence-corrected chi connectivity index (χ4v) is 1.93. The average molecular weight is 299 g/mol. The second kappa shape index (κ2) is 7.71.